The summed E-state index contributed by atoms with van der Waals surface area (Å²) in [7, 11) is 0. The number of alkyl halides is 3. The summed E-state index contributed by atoms with van der Waals surface area (Å²) in [6, 6.07) is 7.17. The maximum atomic E-state index is 12.1. The molecule has 160 valence electrons. The lowest BCUT2D eigenvalue weighted by Gasteiger charge is -2.11. The van der Waals surface area contributed by atoms with Crippen molar-refractivity contribution in [1.29, 1.82) is 0 Å². The Bertz CT molecular complexity index is 767. The van der Waals surface area contributed by atoms with Crippen LogP contribution in [0.4, 0.5) is 13.2 Å². The van der Waals surface area contributed by atoms with Crippen molar-refractivity contribution in [2.75, 3.05) is 19.7 Å². The van der Waals surface area contributed by atoms with Gasteiger partial charge in [0.2, 0.25) is 0 Å². The van der Waals surface area contributed by atoms with Crippen molar-refractivity contribution < 1.29 is 22.4 Å². The molecule has 29 heavy (non-hydrogen) atoms. The Labute approximate surface area is 168 Å². The Kier molecular flexibility index (Phi) is 8.50. The number of aromatic nitrogens is 1. The minimum atomic E-state index is -4.31. The van der Waals surface area contributed by atoms with Crippen molar-refractivity contribution >= 4 is 5.96 Å². The summed E-state index contributed by atoms with van der Waals surface area (Å²) in [6.07, 6.45) is -3.53. The van der Waals surface area contributed by atoms with Crippen LogP contribution >= 0.6 is 0 Å². The van der Waals surface area contributed by atoms with Crippen LogP contribution in [-0.2, 0) is 24.3 Å². The Hall–Kier alpha value is -2.55. The maximum absolute atomic E-state index is 12.1. The van der Waals surface area contributed by atoms with Crippen LogP contribution in [0.2, 0.25) is 0 Å². The van der Waals surface area contributed by atoms with Crippen LogP contribution < -0.4 is 10.6 Å². The van der Waals surface area contributed by atoms with Gasteiger partial charge in [0.1, 0.15) is 12.4 Å². The Morgan fingerprint density at radius 2 is 1.83 bits per heavy atom. The number of nitrogens with one attached hydrogen (secondary N) is 2. The number of hydrogen-bond donors (Lipinski definition) is 2. The minimum absolute atomic E-state index is 0.0744. The molecule has 2 N–H and O–H groups in total. The van der Waals surface area contributed by atoms with E-state index in [1.54, 1.807) is 12.1 Å². The number of ether oxygens (including phenoxy) is 1. The monoisotopic (exact) mass is 412 g/mol. The maximum Gasteiger partial charge on any atom is 0.411 e. The van der Waals surface area contributed by atoms with Crippen LogP contribution in [0.1, 0.15) is 35.1 Å². The lowest BCUT2D eigenvalue weighted by Crippen LogP contribution is -2.38. The molecule has 0 aliphatic rings. The second-order valence-electron chi connectivity index (χ2n) is 6.60. The molecule has 2 rings (SSSR count). The van der Waals surface area contributed by atoms with Gasteiger partial charge in [-0.15, -0.1) is 0 Å². The molecule has 6 nitrogen and oxygen atoms in total. The van der Waals surface area contributed by atoms with Crippen LogP contribution in [0.25, 0.3) is 0 Å². The molecule has 9 heteroatoms. The summed E-state index contributed by atoms with van der Waals surface area (Å²) in [5, 5.41) is 10.4. The van der Waals surface area contributed by atoms with E-state index in [1.165, 1.54) is 0 Å². The predicted octanol–water partition coefficient (Wildman–Crippen LogP) is 3.67. The van der Waals surface area contributed by atoms with Crippen LogP contribution in [-0.4, -0.2) is 37.0 Å². The topological polar surface area (TPSA) is 71.7 Å². The van der Waals surface area contributed by atoms with E-state index in [0.717, 1.165) is 35.5 Å². The van der Waals surface area contributed by atoms with Crippen molar-refractivity contribution in [3.63, 3.8) is 0 Å². The zero-order valence-electron chi connectivity index (χ0n) is 16.9. The molecule has 0 saturated heterocycles. The first-order valence-electron chi connectivity index (χ1n) is 9.44. The largest absolute Gasteiger partial charge is 0.411 e. The van der Waals surface area contributed by atoms with Gasteiger partial charge in [-0.05, 0) is 38.3 Å². The van der Waals surface area contributed by atoms with Crippen molar-refractivity contribution in [2.45, 2.75) is 46.5 Å². The number of hydrogen-bond acceptors (Lipinski definition) is 4. The third kappa shape index (κ3) is 8.15. The van der Waals surface area contributed by atoms with Gasteiger partial charge < -0.3 is 19.9 Å². The zero-order valence-corrected chi connectivity index (χ0v) is 16.9. The van der Waals surface area contributed by atoms with Gasteiger partial charge in [-0.25, -0.2) is 4.99 Å². The van der Waals surface area contributed by atoms with E-state index in [2.05, 4.69) is 25.5 Å². The molecule has 0 atom stereocenters. The Balaban J connectivity index is 1.84. The van der Waals surface area contributed by atoms with Crippen molar-refractivity contribution in [3.8, 4) is 0 Å². The molecule has 0 radical (unpaired) electrons. The molecule has 0 unspecified atom stereocenters. The highest BCUT2D eigenvalue weighted by atomic mass is 19.4. The quantitative estimate of drug-likeness (QED) is 0.486. The number of aryl methyl sites for hydroxylation is 2. The average molecular weight is 412 g/mol. The summed E-state index contributed by atoms with van der Waals surface area (Å²) in [6.45, 7) is 6.34. The highest BCUT2D eigenvalue weighted by molar-refractivity contribution is 5.79. The van der Waals surface area contributed by atoms with Crippen LogP contribution in [0.15, 0.2) is 33.8 Å². The van der Waals surface area contributed by atoms with E-state index < -0.39 is 12.8 Å². The molecule has 0 aliphatic carbocycles. The molecular weight excluding hydrogens is 385 g/mol. The molecule has 0 amide bonds. The molecule has 0 bridgehead atoms. The van der Waals surface area contributed by atoms with E-state index in [-0.39, 0.29) is 6.61 Å². The number of guanidine groups is 1. The number of nitrogens with zero attached hydrogens (tertiary/aromatic N) is 2. The standard InChI is InChI=1S/C20H27F3N4O2/c1-4-24-19(25-10-9-18-14(2)27-29-15(18)3)26-11-16-5-7-17(8-6-16)12-28-13-20(21,22)23/h5-8H,4,9-13H2,1-3H3,(H2,24,25,26). The van der Waals surface area contributed by atoms with Crippen LogP contribution in [0, 0.1) is 13.8 Å². The lowest BCUT2D eigenvalue weighted by atomic mass is 10.1. The smallest absolute Gasteiger partial charge is 0.367 e. The van der Waals surface area contributed by atoms with Crippen molar-refractivity contribution in [1.82, 2.24) is 15.8 Å². The molecule has 1 aromatic heterocycles. The van der Waals surface area contributed by atoms with Gasteiger partial charge in [-0.2, -0.15) is 13.2 Å². The van der Waals surface area contributed by atoms with Gasteiger partial charge in [-0.1, -0.05) is 29.4 Å². The van der Waals surface area contributed by atoms with Crippen LogP contribution in [0.3, 0.4) is 0 Å². The third-order valence-corrected chi connectivity index (χ3v) is 4.17. The minimum Gasteiger partial charge on any atom is -0.367 e. The second kappa shape index (κ2) is 10.8. The Morgan fingerprint density at radius 3 is 2.41 bits per heavy atom. The highest BCUT2D eigenvalue weighted by Gasteiger charge is 2.27. The van der Waals surface area contributed by atoms with Gasteiger partial charge >= 0.3 is 6.18 Å². The molecule has 1 heterocycles. The number of aliphatic imine (C=N–C) groups is 1. The van der Waals surface area contributed by atoms with E-state index in [1.807, 2.05) is 32.9 Å². The molecule has 0 spiro atoms. The highest BCUT2D eigenvalue weighted by Crippen LogP contribution is 2.16. The van der Waals surface area contributed by atoms with Crippen LogP contribution in [0.5, 0.6) is 0 Å². The zero-order chi connectivity index (χ0) is 21.3. The summed E-state index contributed by atoms with van der Waals surface area (Å²) >= 11 is 0. The molecular formula is C20H27F3N4O2. The number of rotatable bonds is 9. The SMILES string of the molecule is CCNC(=NCc1ccc(COCC(F)(F)F)cc1)NCCc1c(C)noc1C. The summed E-state index contributed by atoms with van der Waals surface area (Å²) in [4.78, 5) is 4.55. The predicted molar refractivity (Wildman–Crippen MR) is 105 cm³/mol. The fraction of sp³-hybridized carbons (Fsp3) is 0.500. The lowest BCUT2D eigenvalue weighted by molar-refractivity contribution is -0.176. The van der Waals surface area contributed by atoms with Gasteiger partial charge in [0, 0.05) is 18.7 Å². The summed E-state index contributed by atoms with van der Waals surface area (Å²) in [5.41, 5.74) is 3.63. The van der Waals surface area contributed by atoms with Crippen molar-refractivity contribution in [2.24, 2.45) is 4.99 Å². The van der Waals surface area contributed by atoms with E-state index in [4.69, 9.17) is 4.52 Å². The molecule has 0 saturated carbocycles. The summed E-state index contributed by atoms with van der Waals surface area (Å²) in [5.74, 6) is 1.52. The molecule has 0 aliphatic heterocycles. The van der Waals surface area contributed by atoms with Crippen molar-refractivity contribution in [3.05, 3.63) is 52.4 Å². The van der Waals surface area contributed by atoms with Gasteiger partial charge in [0.25, 0.3) is 0 Å². The number of benzene rings is 1. The van der Waals surface area contributed by atoms with Gasteiger partial charge in [0.15, 0.2) is 5.96 Å². The first-order valence-corrected chi connectivity index (χ1v) is 9.44. The third-order valence-electron chi connectivity index (χ3n) is 4.17. The fourth-order valence-corrected chi connectivity index (χ4v) is 2.70. The van der Waals surface area contributed by atoms with Gasteiger partial charge in [-0.3, -0.25) is 0 Å². The fourth-order valence-electron chi connectivity index (χ4n) is 2.70. The van der Waals surface area contributed by atoms with E-state index in [9.17, 15) is 13.2 Å². The van der Waals surface area contributed by atoms with E-state index in [0.29, 0.717) is 24.6 Å². The molecule has 2 aromatic rings. The average Bonchev–Trinajstić information content (AvgIpc) is 2.98. The molecule has 0 fully saturated rings. The second-order valence-corrected chi connectivity index (χ2v) is 6.60. The Morgan fingerprint density at radius 1 is 1.14 bits per heavy atom. The first kappa shape index (κ1) is 22.7. The molecule has 1 aromatic carbocycles. The first-order chi connectivity index (χ1) is 13.8. The summed E-state index contributed by atoms with van der Waals surface area (Å²) < 4.78 is 46.2. The number of halogens is 3. The van der Waals surface area contributed by atoms with Gasteiger partial charge in [0.05, 0.1) is 18.8 Å². The normalized spacial score (nSPS) is 12.3. The van der Waals surface area contributed by atoms with E-state index >= 15 is 0 Å².